The molecule has 5 heteroatoms. The van der Waals surface area contributed by atoms with Crippen molar-refractivity contribution in [3.8, 4) is 0 Å². The Morgan fingerprint density at radius 2 is 2.00 bits per heavy atom. The predicted octanol–water partition coefficient (Wildman–Crippen LogP) is -0.805. The highest BCUT2D eigenvalue weighted by atomic mass is 32.1. The lowest BCUT2D eigenvalue weighted by molar-refractivity contribution is -0.119. The van der Waals surface area contributed by atoms with Gasteiger partial charge in [0.05, 0.1) is 0 Å². The van der Waals surface area contributed by atoms with Crippen molar-refractivity contribution in [2.45, 2.75) is 0 Å². The summed E-state index contributed by atoms with van der Waals surface area (Å²) in [6, 6.07) is 0. The van der Waals surface area contributed by atoms with Crippen molar-refractivity contribution >= 4 is 19.2 Å². The summed E-state index contributed by atoms with van der Waals surface area (Å²) < 4.78 is 2.81. The highest BCUT2D eigenvalue weighted by Crippen LogP contribution is 1.97. The summed E-state index contributed by atoms with van der Waals surface area (Å²) in [6.07, 6.45) is 0.925. The summed E-state index contributed by atoms with van der Waals surface area (Å²) >= 11 is 3.91. The fourth-order valence-electron chi connectivity index (χ4n) is 1.30. The Balaban J connectivity index is 2.12. The van der Waals surface area contributed by atoms with E-state index in [1.165, 1.54) is 0 Å². The second-order valence-corrected chi connectivity index (χ2v) is 3.21. The molecule has 0 aliphatic carbocycles. The number of carbonyl (C=O) groups is 1. The third-order valence-electron chi connectivity index (χ3n) is 2.10. The number of amides is 1. The normalized spacial score (nSPS) is 19.6. The largest absolute Gasteiger partial charge is 0.343 e. The molecule has 0 spiro atoms. The van der Waals surface area contributed by atoms with Crippen molar-refractivity contribution in [3.63, 3.8) is 0 Å². The van der Waals surface area contributed by atoms with E-state index >= 15 is 0 Å². The second kappa shape index (κ2) is 5.40. The van der Waals surface area contributed by atoms with Gasteiger partial charge in [-0.05, 0) is 0 Å². The van der Waals surface area contributed by atoms with Crippen molar-refractivity contribution in [1.82, 2.24) is 14.5 Å². The molecule has 0 aromatic rings. The average Bonchev–Trinajstić information content (AvgIpc) is 2.15. The molecule has 0 saturated carbocycles. The van der Waals surface area contributed by atoms with Gasteiger partial charge in [0.1, 0.15) is 0 Å². The number of hydrogen-bond donors (Lipinski definition) is 2. The van der Waals surface area contributed by atoms with Gasteiger partial charge in [0, 0.05) is 39.3 Å². The highest BCUT2D eigenvalue weighted by molar-refractivity contribution is 7.78. The number of thiol groups is 1. The summed E-state index contributed by atoms with van der Waals surface area (Å²) in [6.45, 7) is 5.58. The van der Waals surface area contributed by atoms with Gasteiger partial charge in [-0.1, -0.05) is 12.8 Å². The molecule has 1 aliphatic heterocycles. The molecule has 1 saturated heterocycles. The van der Waals surface area contributed by atoms with Gasteiger partial charge in [0.2, 0.25) is 6.41 Å². The Morgan fingerprint density at radius 1 is 1.33 bits per heavy atom. The van der Waals surface area contributed by atoms with Crippen LogP contribution < -0.4 is 4.72 Å². The number of nitrogens with one attached hydrogen (secondary N) is 1. The van der Waals surface area contributed by atoms with E-state index in [-0.39, 0.29) is 0 Å². The van der Waals surface area contributed by atoms with Crippen molar-refractivity contribution < 1.29 is 4.79 Å². The van der Waals surface area contributed by atoms with Gasteiger partial charge < -0.3 is 4.90 Å². The standard InChI is InChI=1S/C7H15N3OS/c11-7-10-5-3-9(4-6-10)2-1-8-12/h7-8,12H,1-6H2. The molecule has 0 unspecified atom stereocenters. The third-order valence-corrected chi connectivity index (χ3v) is 2.32. The van der Waals surface area contributed by atoms with Gasteiger partial charge in [-0.15, -0.1) is 0 Å². The third kappa shape index (κ3) is 3.00. The first-order valence-corrected chi connectivity index (χ1v) is 4.60. The monoisotopic (exact) mass is 189 g/mol. The first-order valence-electron chi connectivity index (χ1n) is 4.15. The van der Waals surface area contributed by atoms with E-state index in [4.69, 9.17) is 0 Å². The Kier molecular flexibility index (Phi) is 4.42. The average molecular weight is 189 g/mol. The van der Waals surface area contributed by atoms with Crippen LogP contribution in [0.3, 0.4) is 0 Å². The van der Waals surface area contributed by atoms with Crippen LogP contribution in [-0.2, 0) is 4.79 Å². The Hall–Kier alpha value is -0.260. The van der Waals surface area contributed by atoms with Crippen molar-refractivity contribution in [2.24, 2.45) is 0 Å². The summed E-state index contributed by atoms with van der Waals surface area (Å²) in [5.74, 6) is 0. The van der Waals surface area contributed by atoms with Crippen LogP contribution in [0.2, 0.25) is 0 Å². The van der Waals surface area contributed by atoms with Gasteiger partial charge in [-0.25, -0.2) is 0 Å². The molecular formula is C7H15N3OS. The quantitative estimate of drug-likeness (QED) is 0.449. The number of carbonyl (C=O) groups excluding carboxylic acids is 1. The zero-order valence-electron chi connectivity index (χ0n) is 7.07. The van der Waals surface area contributed by atoms with Crippen LogP contribution in [0.5, 0.6) is 0 Å². The molecule has 1 aliphatic rings. The molecule has 0 atom stereocenters. The molecule has 0 aromatic carbocycles. The van der Waals surface area contributed by atoms with E-state index in [0.717, 1.165) is 45.7 Å². The van der Waals surface area contributed by atoms with Gasteiger partial charge >= 0.3 is 0 Å². The molecule has 1 N–H and O–H groups in total. The van der Waals surface area contributed by atoms with E-state index in [9.17, 15) is 4.79 Å². The molecule has 0 bridgehead atoms. The zero-order chi connectivity index (χ0) is 8.81. The Bertz CT molecular complexity index is 137. The first-order chi connectivity index (χ1) is 5.86. The predicted molar refractivity (Wildman–Crippen MR) is 51.1 cm³/mol. The molecular weight excluding hydrogens is 174 g/mol. The van der Waals surface area contributed by atoms with Crippen LogP contribution >= 0.6 is 12.8 Å². The van der Waals surface area contributed by atoms with Crippen LogP contribution in [0, 0.1) is 0 Å². The molecule has 0 aromatic heterocycles. The van der Waals surface area contributed by atoms with Gasteiger partial charge in [0.15, 0.2) is 0 Å². The molecule has 1 heterocycles. The molecule has 12 heavy (non-hydrogen) atoms. The van der Waals surface area contributed by atoms with Crippen LogP contribution in [-0.4, -0.2) is 55.5 Å². The second-order valence-electron chi connectivity index (χ2n) is 2.89. The molecule has 70 valence electrons. The fourth-order valence-corrected chi connectivity index (χ4v) is 1.40. The lowest BCUT2D eigenvalue weighted by Crippen LogP contribution is -2.47. The minimum absolute atomic E-state index is 0.857. The fraction of sp³-hybridized carbons (Fsp3) is 0.857. The minimum atomic E-state index is 0.857. The summed E-state index contributed by atoms with van der Waals surface area (Å²) in [4.78, 5) is 14.5. The van der Waals surface area contributed by atoms with Gasteiger partial charge in [0.25, 0.3) is 0 Å². The van der Waals surface area contributed by atoms with E-state index in [1.807, 2.05) is 4.90 Å². The molecule has 1 amide bonds. The van der Waals surface area contributed by atoms with Crippen LogP contribution in [0.1, 0.15) is 0 Å². The van der Waals surface area contributed by atoms with Crippen molar-refractivity contribution in [1.29, 1.82) is 0 Å². The van der Waals surface area contributed by atoms with E-state index in [1.54, 1.807) is 0 Å². The number of rotatable bonds is 4. The number of hydrogen-bond acceptors (Lipinski definition) is 4. The van der Waals surface area contributed by atoms with Crippen LogP contribution in [0.25, 0.3) is 0 Å². The Morgan fingerprint density at radius 3 is 2.50 bits per heavy atom. The van der Waals surface area contributed by atoms with Crippen molar-refractivity contribution in [2.75, 3.05) is 39.3 Å². The SMILES string of the molecule is O=CN1CCN(CCNS)CC1. The number of piperazine rings is 1. The first kappa shape index (κ1) is 9.83. The highest BCUT2D eigenvalue weighted by Gasteiger charge is 2.13. The van der Waals surface area contributed by atoms with Crippen LogP contribution in [0.4, 0.5) is 0 Å². The summed E-state index contributed by atoms with van der Waals surface area (Å²) in [5, 5.41) is 0. The van der Waals surface area contributed by atoms with Crippen molar-refractivity contribution in [3.05, 3.63) is 0 Å². The maximum atomic E-state index is 10.4. The van der Waals surface area contributed by atoms with Gasteiger partial charge in [-0.2, -0.15) is 0 Å². The van der Waals surface area contributed by atoms with E-state index < -0.39 is 0 Å². The molecule has 0 radical (unpaired) electrons. The lowest BCUT2D eigenvalue weighted by atomic mass is 10.3. The maximum absolute atomic E-state index is 10.4. The zero-order valence-corrected chi connectivity index (χ0v) is 7.96. The van der Waals surface area contributed by atoms with Gasteiger partial charge in [-0.3, -0.25) is 14.4 Å². The van der Waals surface area contributed by atoms with Crippen LogP contribution in [0.15, 0.2) is 0 Å². The topological polar surface area (TPSA) is 35.6 Å². The molecule has 1 rings (SSSR count). The summed E-state index contributed by atoms with van der Waals surface area (Å²) in [5.41, 5.74) is 0. The smallest absolute Gasteiger partial charge is 0.209 e. The number of nitrogens with zero attached hydrogens (tertiary/aromatic N) is 2. The summed E-state index contributed by atoms with van der Waals surface area (Å²) in [7, 11) is 0. The molecule has 1 fully saturated rings. The molecule has 4 nitrogen and oxygen atoms in total. The maximum Gasteiger partial charge on any atom is 0.209 e. The Labute approximate surface area is 78.4 Å². The minimum Gasteiger partial charge on any atom is -0.343 e. The lowest BCUT2D eigenvalue weighted by Gasteiger charge is -2.32. The van der Waals surface area contributed by atoms with E-state index in [2.05, 4.69) is 22.4 Å². The van der Waals surface area contributed by atoms with E-state index in [0.29, 0.717) is 0 Å².